The van der Waals surface area contributed by atoms with E-state index < -0.39 is 11.9 Å². The fourth-order valence-electron chi connectivity index (χ4n) is 4.05. The van der Waals surface area contributed by atoms with Crippen molar-refractivity contribution in [1.82, 2.24) is 0 Å². The smallest absolute Gasteiger partial charge is 0.330 e. The molecule has 31 heavy (non-hydrogen) atoms. The van der Waals surface area contributed by atoms with E-state index in [-0.39, 0.29) is 24.6 Å². The Kier molecular flexibility index (Phi) is 19.9. The molecular formula is C25H46ClNO4. The molecule has 0 radical (unpaired) electrons. The molecule has 0 saturated heterocycles. The zero-order valence-electron chi connectivity index (χ0n) is 20.4. The summed E-state index contributed by atoms with van der Waals surface area (Å²) < 4.78 is 11.5. The zero-order chi connectivity index (χ0) is 22.8. The molecule has 0 rings (SSSR count). The van der Waals surface area contributed by atoms with Crippen molar-refractivity contribution in [3.63, 3.8) is 0 Å². The van der Waals surface area contributed by atoms with E-state index in [9.17, 15) is 9.59 Å². The topological polar surface area (TPSA) is 52.6 Å². The van der Waals surface area contributed by atoms with Gasteiger partial charge in [0.1, 0.15) is 25.3 Å². The minimum atomic E-state index is -0.404. The Morgan fingerprint density at radius 1 is 0.774 bits per heavy atom. The van der Waals surface area contributed by atoms with Crippen molar-refractivity contribution in [2.24, 2.45) is 0 Å². The van der Waals surface area contributed by atoms with Gasteiger partial charge in [-0.15, -0.1) is 0 Å². The van der Waals surface area contributed by atoms with Crippen molar-refractivity contribution < 1.29 is 36.0 Å². The molecule has 2 unspecified atom stereocenters. The molecule has 6 heteroatoms. The van der Waals surface area contributed by atoms with Crippen molar-refractivity contribution in [3.8, 4) is 0 Å². The van der Waals surface area contributed by atoms with Crippen LogP contribution in [-0.2, 0) is 19.1 Å². The SMILES string of the molecule is C=CC(=O)OC(C)C[N+](C)(CCCCCCCCCCCC)CC(C)OC(=O)C=C.[Cl-]. The van der Waals surface area contributed by atoms with Gasteiger partial charge in [0.25, 0.3) is 0 Å². The molecule has 0 aliphatic carbocycles. The fourth-order valence-corrected chi connectivity index (χ4v) is 4.05. The Bertz CT molecular complexity index is 480. The highest BCUT2D eigenvalue weighted by Crippen LogP contribution is 2.15. The van der Waals surface area contributed by atoms with E-state index in [4.69, 9.17) is 9.47 Å². The molecule has 0 fully saturated rings. The van der Waals surface area contributed by atoms with Gasteiger partial charge in [0.15, 0.2) is 0 Å². The highest BCUT2D eigenvalue weighted by Gasteiger charge is 2.29. The van der Waals surface area contributed by atoms with Crippen LogP contribution in [0.4, 0.5) is 0 Å². The first kappa shape index (κ1) is 31.9. The van der Waals surface area contributed by atoms with Gasteiger partial charge >= 0.3 is 11.9 Å². The molecule has 0 aromatic rings. The molecule has 0 aliphatic heterocycles. The number of carbonyl (C=O) groups excluding carboxylic acids is 2. The molecule has 0 aliphatic rings. The second kappa shape index (κ2) is 19.4. The standard InChI is InChI=1S/C25H46NO4.ClH/c1-7-10-11-12-13-14-15-16-17-18-19-26(6,20-22(4)29-24(27)8-2)21-23(5)30-25(28)9-3;/h8-9,22-23H,2-3,7,10-21H2,1,4-6H3;1H/q+1;/p-1. The third kappa shape index (κ3) is 18.0. The van der Waals surface area contributed by atoms with Crippen LogP contribution < -0.4 is 12.4 Å². The minimum Gasteiger partial charge on any atom is -1.00 e. The molecule has 0 bridgehead atoms. The lowest BCUT2D eigenvalue weighted by Crippen LogP contribution is -3.00. The van der Waals surface area contributed by atoms with Crippen LogP contribution in [0.1, 0.15) is 85.0 Å². The molecule has 0 aromatic carbocycles. The highest BCUT2D eigenvalue weighted by molar-refractivity contribution is 5.81. The summed E-state index contributed by atoms with van der Waals surface area (Å²) in [5, 5.41) is 0. The number of likely N-dealkylation sites (N-methyl/N-ethyl adjacent to an activating group) is 1. The summed E-state index contributed by atoms with van der Waals surface area (Å²) in [6, 6.07) is 0. The summed E-state index contributed by atoms with van der Waals surface area (Å²) in [5.41, 5.74) is 0. The first-order chi connectivity index (χ1) is 14.3. The molecule has 0 amide bonds. The number of esters is 2. The van der Waals surface area contributed by atoms with Crippen LogP contribution in [0, 0.1) is 0 Å². The zero-order valence-corrected chi connectivity index (χ0v) is 21.1. The molecule has 2 atom stereocenters. The maximum atomic E-state index is 11.5. The van der Waals surface area contributed by atoms with Crippen LogP contribution in [0.2, 0.25) is 0 Å². The molecule has 0 N–H and O–H groups in total. The summed E-state index contributed by atoms with van der Waals surface area (Å²) in [5.74, 6) is -0.807. The van der Waals surface area contributed by atoms with E-state index in [0.717, 1.165) is 13.0 Å². The van der Waals surface area contributed by atoms with Gasteiger partial charge in [-0.05, 0) is 26.7 Å². The van der Waals surface area contributed by atoms with Crippen molar-refractivity contribution in [2.45, 2.75) is 97.2 Å². The molecule has 0 aromatic heterocycles. The summed E-state index contributed by atoms with van der Waals surface area (Å²) in [4.78, 5) is 23.1. The molecular weight excluding hydrogens is 414 g/mol. The normalized spacial score (nSPS) is 14.5. The minimum absolute atomic E-state index is 0. The number of nitrogens with zero attached hydrogens (tertiary/aromatic N) is 1. The van der Waals surface area contributed by atoms with Crippen molar-refractivity contribution in [1.29, 1.82) is 0 Å². The van der Waals surface area contributed by atoms with E-state index in [1.165, 1.54) is 69.9 Å². The largest absolute Gasteiger partial charge is 1.00 e. The monoisotopic (exact) mass is 459 g/mol. The predicted molar refractivity (Wildman–Crippen MR) is 124 cm³/mol. The van der Waals surface area contributed by atoms with E-state index >= 15 is 0 Å². The maximum absolute atomic E-state index is 11.5. The van der Waals surface area contributed by atoms with E-state index in [0.29, 0.717) is 17.6 Å². The molecule has 0 spiro atoms. The number of carbonyl (C=O) groups is 2. The quantitative estimate of drug-likeness (QED) is 0.129. The predicted octanol–water partition coefficient (Wildman–Crippen LogP) is 2.59. The van der Waals surface area contributed by atoms with Crippen molar-refractivity contribution in [3.05, 3.63) is 25.3 Å². The van der Waals surface area contributed by atoms with Crippen LogP contribution in [0.5, 0.6) is 0 Å². The third-order valence-corrected chi connectivity index (χ3v) is 5.42. The first-order valence-electron chi connectivity index (χ1n) is 11.8. The molecule has 0 heterocycles. The second-order valence-corrected chi connectivity index (χ2v) is 8.79. The average Bonchev–Trinajstić information content (AvgIpc) is 2.68. The fraction of sp³-hybridized carbons (Fsp3) is 0.760. The van der Waals surface area contributed by atoms with Gasteiger partial charge in [-0.25, -0.2) is 9.59 Å². The summed E-state index contributed by atoms with van der Waals surface area (Å²) >= 11 is 0. The Morgan fingerprint density at radius 3 is 1.48 bits per heavy atom. The van der Waals surface area contributed by atoms with Crippen molar-refractivity contribution >= 4 is 11.9 Å². The van der Waals surface area contributed by atoms with Gasteiger partial charge in [-0.2, -0.15) is 0 Å². The molecule has 182 valence electrons. The number of ether oxygens (including phenoxy) is 2. The lowest BCUT2D eigenvalue weighted by atomic mass is 10.1. The number of unbranched alkanes of at least 4 members (excludes halogenated alkanes) is 9. The van der Waals surface area contributed by atoms with Gasteiger partial charge in [0.2, 0.25) is 0 Å². The van der Waals surface area contributed by atoms with E-state index in [1.807, 2.05) is 13.8 Å². The highest BCUT2D eigenvalue weighted by atomic mass is 35.5. The number of hydrogen-bond acceptors (Lipinski definition) is 4. The van der Waals surface area contributed by atoms with Gasteiger partial charge in [0.05, 0.1) is 13.6 Å². The molecule has 0 saturated carbocycles. The van der Waals surface area contributed by atoms with Crippen LogP contribution in [0.3, 0.4) is 0 Å². The first-order valence-corrected chi connectivity index (χ1v) is 11.8. The Hall–Kier alpha value is -1.33. The third-order valence-electron chi connectivity index (χ3n) is 5.42. The number of quaternary nitrogens is 1. The van der Waals surface area contributed by atoms with Crippen LogP contribution >= 0.6 is 0 Å². The Morgan fingerprint density at radius 2 is 1.13 bits per heavy atom. The Balaban J connectivity index is 0. The molecule has 5 nitrogen and oxygen atoms in total. The van der Waals surface area contributed by atoms with E-state index in [1.54, 1.807) is 0 Å². The maximum Gasteiger partial charge on any atom is 0.330 e. The lowest BCUT2D eigenvalue weighted by Gasteiger charge is -2.38. The van der Waals surface area contributed by atoms with E-state index in [2.05, 4.69) is 27.1 Å². The summed E-state index contributed by atoms with van der Waals surface area (Å²) in [7, 11) is 2.14. The average molecular weight is 460 g/mol. The second-order valence-electron chi connectivity index (χ2n) is 8.79. The number of halogens is 1. The van der Waals surface area contributed by atoms with Gasteiger partial charge in [0, 0.05) is 12.2 Å². The van der Waals surface area contributed by atoms with Crippen LogP contribution in [-0.4, -0.2) is 55.3 Å². The number of hydrogen-bond donors (Lipinski definition) is 0. The number of rotatable bonds is 19. The van der Waals surface area contributed by atoms with Gasteiger partial charge < -0.3 is 26.4 Å². The Labute approximate surface area is 197 Å². The summed E-state index contributed by atoms with van der Waals surface area (Å²) in [6.45, 7) is 15.3. The lowest BCUT2D eigenvalue weighted by molar-refractivity contribution is -0.914. The van der Waals surface area contributed by atoms with Gasteiger partial charge in [-0.1, -0.05) is 71.4 Å². The van der Waals surface area contributed by atoms with Crippen molar-refractivity contribution in [2.75, 3.05) is 26.7 Å². The van der Waals surface area contributed by atoms with Crippen LogP contribution in [0.15, 0.2) is 25.3 Å². The van der Waals surface area contributed by atoms with Gasteiger partial charge in [-0.3, -0.25) is 0 Å². The van der Waals surface area contributed by atoms with Crippen LogP contribution in [0.25, 0.3) is 0 Å². The summed E-state index contributed by atoms with van der Waals surface area (Å²) in [6.07, 6.45) is 14.9.